The Morgan fingerprint density at radius 1 is 1.45 bits per heavy atom. The van der Waals surface area contributed by atoms with Crippen LogP contribution in [0.1, 0.15) is 36.9 Å². The first kappa shape index (κ1) is 14.5. The first-order valence-electron chi connectivity index (χ1n) is 6.45. The first-order valence-corrected chi connectivity index (χ1v) is 7.33. The molecular weight excluding hydrogens is 270 g/mol. The molecule has 5 heteroatoms. The summed E-state index contributed by atoms with van der Waals surface area (Å²) >= 11 is 1.62. The average Bonchev–Trinajstić information content (AvgIpc) is 2.95. The van der Waals surface area contributed by atoms with Gasteiger partial charge in [-0.25, -0.2) is 0 Å². The van der Waals surface area contributed by atoms with Crippen molar-refractivity contribution in [1.29, 1.82) is 0 Å². The standard InChI is InChI=1S/C15H19N3OS/c1-10-7-8-20-11(10)5-6-14(19)16-13-9-12(17-18-13)15(2,3)4/h5-9H,1-4H3,(H2,16,17,18,19)/b6-5+. The minimum Gasteiger partial charge on any atom is -0.306 e. The molecule has 0 unspecified atom stereocenters. The van der Waals surface area contributed by atoms with Crippen LogP contribution in [0.4, 0.5) is 5.82 Å². The number of carbonyl (C=O) groups is 1. The fourth-order valence-electron chi connectivity index (χ4n) is 1.64. The fraction of sp³-hybridized carbons (Fsp3) is 0.333. The van der Waals surface area contributed by atoms with Crippen LogP contribution in [0.25, 0.3) is 6.08 Å². The van der Waals surface area contributed by atoms with Gasteiger partial charge in [0.05, 0.1) is 0 Å². The highest BCUT2D eigenvalue weighted by molar-refractivity contribution is 7.11. The van der Waals surface area contributed by atoms with Crippen molar-refractivity contribution in [2.24, 2.45) is 0 Å². The van der Waals surface area contributed by atoms with E-state index in [1.54, 1.807) is 11.3 Å². The molecule has 0 atom stereocenters. The van der Waals surface area contributed by atoms with Gasteiger partial charge in [0.25, 0.3) is 0 Å². The van der Waals surface area contributed by atoms with Crippen molar-refractivity contribution < 1.29 is 4.79 Å². The van der Waals surface area contributed by atoms with Gasteiger partial charge in [0.1, 0.15) is 0 Å². The van der Waals surface area contributed by atoms with Gasteiger partial charge in [-0.3, -0.25) is 9.89 Å². The molecule has 20 heavy (non-hydrogen) atoms. The van der Waals surface area contributed by atoms with Crippen molar-refractivity contribution in [2.75, 3.05) is 5.32 Å². The van der Waals surface area contributed by atoms with Crippen LogP contribution in [-0.2, 0) is 10.2 Å². The van der Waals surface area contributed by atoms with Crippen LogP contribution in [0.15, 0.2) is 23.6 Å². The monoisotopic (exact) mass is 289 g/mol. The molecule has 2 heterocycles. The molecule has 0 saturated heterocycles. The number of aromatic amines is 1. The second-order valence-electron chi connectivity index (χ2n) is 5.71. The number of anilines is 1. The zero-order chi connectivity index (χ0) is 14.8. The van der Waals surface area contributed by atoms with E-state index in [4.69, 9.17) is 0 Å². The number of H-pyrrole nitrogens is 1. The van der Waals surface area contributed by atoms with E-state index in [-0.39, 0.29) is 11.3 Å². The quantitative estimate of drug-likeness (QED) is 0.846. The Morgan fingerprint density at radius 2 is 2.20 bits per heavy atom. The zero-order valence-corrected chi connectivity index (χ0v) is 13.0. The third-order valence-corrected chi connectivity index (χ3v) is 3.91. The number of amides is 1. The van der Waals surface area contributed by atoms with Crippen LogP contribution in [-0.4, -0.2) is 16.1 Å². The summed E-state index contributed by atoms with van der Waals surface area (Å²) in [7, 11) is 0. The molecule has 2 rings (SSSR count). The molecule has 1 amide bonds. The molecule has 0 radical (unpaired) electrons. The Balaban J connectivity index is 2.00. The van der Waals surface area contributed by atoms with Crippen LogP contribution < -0.4 is 5.32 Å². The summed E-state index contributed by atoms with van der Waals surface area (Å²) in [5.74, 6) is 0.372. The second kappa shape index (κ2) is 5.63. The number of aromatic nitrogens is 2. The first-order chi connectivity index (χ1) is 9.36. The number of thiophene rings is 1. The summed E-state index contributed by atoms with van der Waals surface area (Å²) < 4.78 is 0. The van der Waals surface area contributed by atoms with Crippen LogP contribution in [0.3, 0.4) is 0 Å². The van der Waals surface area contributed by atoms with Crippen LogP contribution >= 0.6 is 11.3 Å². The van der Waals surface area contributed by atoms with Gasteiger partial charge in [-0.15, -0.1) is 11.3 Å². The SMILES string of the molecule is Cc1ccsc1/C=C/C(=O)Nc1cc(C(C)(C)C)[nH]n1. The third kappa shape index (κ3) is 3.57. The van der Waals surface area contributed by atoms with Crippen molar-refractivity contribution in [3.05, 3.63) is 39.7 Å². The molecule has 0 fully saturated rings. The molecule has 0 aliphatic carbocycles. The maximum absolute atomic E-state index is 11.8. The molecule has 0 aliphatic rings. The maximum atomic E-state index is 11.8. The lowest BCUT2D eigenvalue weighted by Gasteiger charge is -2.14. The van der Waals surface area contributed by atoms with Gasteiger partial charge in [0.2, 0.25) is 5.91 Å². The van der Waals surface area contributed by atoms with E-state index in [1.807, 2.05) is 30.5 Å². The number of nitrogens with zero attached hydrogens (tertiary/aromatic N) is 1. The normalized spacial score (nSPS) is 12.0. The Labute approximate surface area is 122 Å². The van der Waals surface area contributed by atoms with Crippen molar-refractivity contribution in [3.63, 3.8) is 0 Å². The fourth-order valence-corrected chi connectivity index (χ4v) is 2.46. The van der Waals surface area contributed by atoms with E-state index in [2.05, 4.69) is 36.3 Å². The highest BCUT2D eigenvalue weighted by Crippen LogP contribution is 2.22. The predicted octanol–water partition coefficient (Wildman–Crippen LogP) is 3.73. The van der Waals surface area contributed by atoms with Crippen molar-refractivity contribution in [1.82, 2.24) is 10.2 Å². The molecule has 4 nitrogen and oxygen atoms in total. The molecule has 106 valence electrons. The van der Waals surface area contributed by atoms with Gasteiger partial charge >= 0.3 is 0 Å². The summed E-state index contributed by atoms with van der Waals surface area (Å²) in [6.07, 6.45) is 3.36. The summed E-state index contributed by atoms with van der Waals surface area (Å²) in [6.45, 7) is 8.29. The van der Waals surface area contributed by atoms with Crippen molar-refractivity contribution in [3.8, 4) is 0 Å². The molecule has 0 bridgehead atoms. The summed E-state index contributed by atoms with van der Waals surface area (Å²) in [5, 5.41) is 11.8. The average molecular weight is 289 g/mol. The van der Waals surface area contributed by atoms with Gasteiger partial charge < -0.3 is 5.32 Å². The summed E-state index contributed by atoms with van der Waals surface area (Å²) in [4.78, 5) is 12.9. The minimum atomic E-state index is -0.176. The number of hydrogen-bond donors (Lipinski definition) is 2. The molecule has 2 aromatic heterocycles. The highest BCUT2D eigenvalue weighted by Gasteiger charge is 2.16. The number of rotatable bonds is 3. The van der Waals surface area contributed by atoms with Crippen LogP contribution in [0, 0.1) is 6.92 Å². The largest absolute Gasteiger partial charge is 0.306 e. The Bertz CT molecular complexity index is 632. The summed E-state index contributed by atoms with van der Waals surface area (Å²) in [6, 6.07) is 3.90. The number of nitrogens with one attached hydrogen (secondary N) is 2. The van der Waals surface area contributed by atoms with E-state index in [0.717, 1.165) is 10.6 Å². The summed E-state index contributed by atoms with van der Waals surface area (Å²) in [5.41, 5.74) is 2.15. The lowest BCUT2D eigenvalue weighted by molar-refractivity contribution is -0.111. The van der Waals surface area contributed by atoms with E-state index >= 15 is 0 Å². The van der Waals surface area contributed by atoms with E-state index in [1.165, 1.54) is 11.6 Å². The molecular formula is C15H19N3OS. The Hall–Kier alpha value is -1.88. The van der Waals surface area contributed by atoms with Crippen molar-refractivity contribution >= 4 is 29.1 Å². The van der Waals surface area contributed by atoms with Crippen LogP contribution in [0.5, 0.6) is 0 Å². The molecule has 2 N–H and O–H groups in total. The number of carbonyl (C=O) groups excluding carboxylic acids is 1. The predicted molar refractivity (Wildman–Crippen MR) is 84.0 cm³/mol. The van der Waals surface area contributed by atoms with E-state index < -0.39 is 0 Å². The smallest absolute Gasteiger partial charge is 0.249 e. The Morgan fingerprint density at radius 3 is 2.75 bits per heavy atom. The third-order valence-electron chi connectivity index (χ3n) is 2.92. The van der Waals surface area contributed by atoms with Gasteiger partial charge in [0, 0.05) is 28.1 Å². The molecule has 0 aromatic carbocycles. The molecule has 0 spiro atoms. The van der Waals surface area contributed by atoms with Crippen LogP contribution in [0.2, 0.25) is 0 Å². The van der Waals surface area contributed by atoms with E-state index in [0.29, 0.717) is 5.82 Å². The van der Waals surface area contributed by atoms with Gasteiger partial charge in [-0.1, -0.05) is 20.8 Å². The lowest BCUT2D eigenvalue weighted by Crippen LogP contribution is -2.11. The van der Waals surface area contributed by atoms with Gasteiger partial charge in [0.15, 0.2) is 5.82 Å². The maximum Gasteiger partial charge on any atom is 0.249 e. The van der Waals surface area contributed by atoms with E-state index in [9.17, 15) is 4.79 Å². The second-order valence-corrected chi connectivity index (χ2v) is 6.66. The Kier molecular flexibility index (Phi) is 4.09. The molecule has 0 saturated carbocycles. The zero-order valence-electron chi connectivity index (χ0n) is 12.2. The lowest BCUT2D eigenvalue weighted by atomic mass is 9.92. The van der Waals surface area contributed by atoms with Gasteiger partial charge in [-0.2, -0.15) is 5.10 Å². The van der Waals surface area contributed by atoms with Crippen molar-refractivity contribution in [2.45, 2.75) is 33.1 Å². The molecule has 0 aliphatic heterocycles. The van der Waals surface area contributed by atoms with Gasteiger partial charge in [-0.05, 0) is 30.0 Å². The topological polar surface area (TPSA) is 57.8 Å². The molecule has 2 aromatic rings. The highest BCUT2D eigenvalue weighted by atomic mass is 32.1. The minimum absolute atomic E-state index is 0.0140. The number of hydrogen-bond acceptors (Lipinski definition) is 3. The number of aryl methyl sites for hydroxylation is 1.